The summed E-state index contributed by atoms with van der Waals surface area (Å²) in [5, 5.41) is 2.63. The Labute approximate surface area is 270 Å². The highest BCUT2D eigenvalue weighted by molar-refractivity contribution is 7.84. The molecule has 5 heteroatoms. The fourth-order valence-corrected chi connectivity index (χ4v) is 8.83. The SMILES string of the molecule is COc1c(C(C)(C)C)cc(-c2ccccc2[C@@H](CP(c2ccccc2)c2ccccc2)N[S@@](=O)C(C)(C)C)cc1C(C)(C)C. The second kappa shape index (κ2) is 13.7. The third-order valence-corrected chi connectivity index (χ3v) is 12.0. The lowest BCUT2D eigenvalue weighted by Gasteiger charge is -2.32. The molecule has 1 N–H and O–H groups in total. The second-order valence-corrected chi connectivity index (χ2v) is 18.8. The average molecular weight is 628 g/mol. The van der Waals surface area contributed by atoms with Gasteiger partial charge in [0.1, 0.15) is 5.75 Å². The van der Waals surface area contributed by atoms with Crippen molar-refractivity contribution in [3.8, 4) is 16.9 Å². The largest absolute Gasteiger partial charge is 0.496 e. The van der Waals surface area contributed by atoms with E-state index in [0.717, 1.165) is 28.6 Å². The van der Waals surface area contributed by atoms with Gasteiger partial charge in [-0.05, 0) is 85.1 Å². The third kappa shape index (κ3) is 8.08. The van der Waals surface area contributed by atoms with Crippen molar-refractivity contribution < 1.29 is 8.95 Å². The molecule has 44 heavy (non-hydrogen) atoms. The van der Waals surface area contributed by atoms with Gasteiger partial charge in [-0.15, -0.1) is 0 Å². The Hall–Kier alpha value is -2.78. The molecule has 0 saturated heterocycles. The molecule has 3 nitrogen and oxygen atoms in total. The van der Waals surface area contributed by atoms with E-state index in [1.165, 1.54) is 21.7 Å². The number of hydrogen-bond donors (Lipinski definition) is 1. The first-order valence-corrected chi connectivity index (χ1v) is 18.2. The maximum absolute atomic E-state index is 13.8. The van der Waals surface area contributed by atoms with Gasteiger partial charge in [-0.3, -0.25) is 0 Å². The molecule has 0 aliphatic heterocycles. The summed E-state index contributed by atoms with van der Waals surface area (Å²) >= 11 is 0. The van der Waals surface area contributed by atoms with Gasteiger partial charge in [-0.2, -0.15) is 0 Å². The molecule has 0 spiro atoms. The van der Waals surface area contributed by atoms with Crippen LogP contribution in [0.5, 0.6) is 5.75 Å². The predicted molar refractivity (Wildman–Crippen MR) is 194 cm³/mol. The molecule has 0 amide bonds. The third-order valence-electron chi connectivity index (χ3n) is 7.86. The Morgan fingerprint density at radius 3 is 1.59 bits per heavy atom. The molecule has 4 aromatic carbocycles. The van der Waals surface area contributed by atoms with Crippen LogP contribution in [-0.4, -0.2) is 22.2 Å². The van der Waals surface area contributed by atoms with Crippen LogP contribution in [0.2, 0.25) is 0 Å². The minimum absolute atomic E-state index is 0.114. The van der Waals surface area contributed by atoms with Crippen molar-refractivity contribution in [3.63, 3.8) is 0 Å². The second-order valence-electron chi connectivity index (χ2n) is 14.5. The normalized spacial score (nSPS) is 14.0. The van der Waals surface area contributed by atoms with Gasteiger partial charge in [0, 0.05) is 17.2 Å². The number of benzene rings is 4. The Balaban J connectivity index is 1.95. The van der Waals surface area contributed by atoms with Crippen LogP contribution in [0.15, 0.2) is 97.1 Å². The number of nitrogens with one attached hydrogen (secondary N) is 1. The van der Waals surface area contributed by atoms with Crippen molar-refractivity contribution in [3.05, 3.63) is 114 Å². The summed E-state index contributed by atoms with van der Waals surface area (Å²) < 4.78 is 23.1. The van der Waals surface area contributed by atoms with E-state index in [4.69, 9.17) is 4.74 Å². The number of hydrogen-bond acceptors (Lipinski definition) is 2. The standard InChI is InChI=1S/C39H50NO2PS/c1-37(2,3)33-25-28(26-34(36(33)42-10)38(4,5)6)31-23-17-18-24-32(31)35(40-44(41)39(7,8)9)27-43(29-19-13-11-14-20-29)30-21-15-12-16-22-30/h11-26,35,40H,27H2,1-10H3/t35-,44+/m1/s1. The predicted octanol–water partition coefficient (Wildman–Crippen LogP) is 9.18. The average Bonchev–Trinajstić information content (AvgIpc) is 2.98. The van der Waals surface area contributed by atoms with Crippen LogP contribution in [-0.2, 0) is 21.8 Å². The zero-order valence-electron chi connectivity index (χ0n) is 28.2. The van der Waals surface area contributed by atoms with E-state index < -0.39 is 23.7 Å². The molecule has 2 atom stereocenters. The molecule has 0 aliphatic carbocycles. The highest BCUT2D eigenvalue weighted by atomic mass is 32.2. The smallest absolute Gasteiger partial charge is 0.126 e. The molecule has 0 radical (unpaired) electrons. The van der Waals surface area contributed by atoms with Crippen molar-refractivity contribution in [1.82, 2.24) is 4.72 Å². The first kappa shape index (κ1) is 34.1. The van der Waals surface area contributed by atoms with Gasteiger partial charge >= 0.3 is 0 Å². The summed E-state index contributed by atoms with van der Waals surface area (Å²) in [5.41, 5.74) is 5.63. The summed E-state index contributed by atoms with van der Waals surface area (Å²) in [4.78, 5) is 0. The van der Waals surface area contributed by atoms with Crippen LogP contribution in [0.4, 0.5) is 0 Å². The maximum atomic E-state index is 13.8. The molecule has 4 rings (SSSR count). The lowest BCUT2D eigenvalue weighted by molar-refractivity contribution is 0.381. The lowest BCUT2D eigenvalue weighted by atomic mass is 9.77. The number of methoxy groups -OCH3 is 1. The Kier molecular flexibility index (Phi) is 10.6. The molecule has 0 aliphatic rings. The van der Waals surface area contributed by atoms with Gasteiger partial charge < -0.3 is 4.74 Å². The Bertz CT molecular complexity index is 1490. The topological polar surface area (TPSA) is 38.3 Å². The molecule has 234 valence electrons. The van der Waals surface area contributed by atoms with Gasteiger partial charge in [0.2, 0.25) is 0 Å². The molecule has 0 saturated carbocycles. The van der Waals surface area contributed by atoms with Crippen molar-refractivity contribution in [2.24, 2.45) is 0 Å². The van der Waals surface area contributed by atoms with E-state index in [1.54, 1.807) is 7.11 Å². The highest BCUT2D eigenvalue weighted by Gasteiger charge is 2.31. The summed E-state index contributed by atoms with van der Waals surface area (Å²) in [6, 6.07) is 34.7. The molecule has 0 fully saturated rings. The fraction of sp³-hybridized carbons (Fsp3) is 0.385. The minimum atomic E-state index is -1.26. The monoisotopic (exact) mass is 627 g/mol. The molecule has 0 aromatic heterocycles. The van der Waals surface area contributed by atoms with E-state index in [0.29, 0.717) is 0 Å². The van der Waals surface area contributed by atoms with Gasteiger partial charge in [-0.1, -0.05) is 126 Å². The zero-order valence-corrected chi connectivity index (χ0v) is 29.9. The highest BCUT2D eigenvalue weighted by Crippen LogP contribution is 2.45. The van der Waals surface area contributed by atoms with Crippen molar-refractivity contribution in [1.29, 1.82) is 0 Å². The molecular formula is C39H50NO2PS. The fourth-order valence-electron chi connectivity index (χ4n) is 5.45. The van der Waals surface area contributed by atoms with Crippen LogP contribution in [0.3, 0.4) is 0 Å². The van der Waals surface area contributed by atoms with E-state index in [9.17, 15) is 4.21 Å². The first-order valence-electron chi connectivity index (χ1n) is 15.5. The zero-order chi connectivity index (χ0) is 32.3. The van der Waals surface area contributed by atoms with Crippen LogP contribution < -0.4 is 20.1 Å². The number of rotatable bonds is 9. The van der Waals surface area contributed by atoms with Gasteiger partial charge in [-0.25, -0.2) is 8.93 Å². The Morgan fingerprint density at radius 2 is 1.16 bits per heavy atom. The van der Waals surface area contributed by atoms with Crippen LogP contribution >= 0.6 is 7.92 Å². The van der Waals surface area contributed by atoms with Crippen LogP contribution in [0.25, 0.3) is 11.1 Å². The maximum Gasteiger partial charge on any atom is 0.126 e. The summed E-state index contributed by atoms with van der Waals surface area (Å²) in [6.45, 7) is 19.6. The van der Waals surface area contributed by atoms with E-state index >= 15 is 0 Å². The Morgan fingerprint density at radius 1 is 0.705 bits per heavy atom. The minimum Gasteiger partial charge on any atom is -0.496 e. The van der Waals surface area contributed by atoms with Crippen molar-refractivity contribution in [2.75, 3.05) is 13.3 Å². The molecule has 0 heterocycles. The molecular weight excluding hydrogens is 577 g/mol. The quantitative estimate of drug-likeness (QED) is 0.188. The summed E-state index contributed by atoms with van der Waals surface area (Å²) in [7, 11) is -0.217. The molecule has 0 unspecified atom stereocenters. The number of ether oxygens (including phenoxy) is 1. The molecule has 4 aromatic rings. The van der Waals surface area contributed by atoms with E-state index in [-0.39, 0.29) is 16.9 Å². The van der Waals surface area contributed by atoms with Gasteiger partial charge in [0.05, 0.1) is 22.8 Å². The van der Waals surface area contributed by atoms with E-state index in [1.807, 2.05) is 20.8 Å². The first-order chi connectivity index (χ1) is 20.6. The van der Waals surface area contributed by atoms with Gasteiger partial charge in [0.15, 0.2) is 0 Å². The lowest BCUT2D eigenvalue weighted by Crippen LogP contribution is -2.37. The van der Waals surface area contributed by atoms with Crippen LogP contribution in [0.1, 0.15) is 85.0 Å². The van der Waals surface area contributed by atoms with Gasteiger partial charge in [0.25, 0.3) is 0 Å². The summed E-state index contributed by atoms with van der Waals surface area (Å²) in [5.74, 6) is 0.964. The van der Waals surface area contributed by atoms with E-state index in [2.05, 4.69) is 143 Å². The van der Waals surface area contributed by atoms with Crippen LogP contribution in [0, 0.1) is 0 Å². The summed E-state index contributed by atoms with van der Waals surface area (Å²) in [6.07, 6.45) is 0.816. The van der Waals surface area contributed by atoms with Crippen molar-refractivity contribution >= 4 is 29.5 Å². The molecule has 0 bridgehead atoms. The van der Waals surface area contributed by atoms with Crippen molar-refractivity contribution in [2.45, 2.75) is 83.9 Å².